The summed E-state index contributed by atoms with van der Waals surface area (Å²) in [5, 5.41) is 8.11. The maximum atomic E-state index is 13.7. The zero-order chi connectivity index (χ0) is 18.1. The number of carbonyl (C=O) groups excluding carboxylic acids is 1. The third-order valence-corrected chi connectivity index (χ3v) is 3.97. The molecule has 0 saturated carbocycles. The molecule has 7 heteroatoms. The normalized spacial score (nSPS) is 19.1. The van der Waals surface area contributed by atoms with Crippen LogP contribution < -0.4 is 10.4 Å². The van der Waals surface area contributed by atoms with E-state index in [2.05, 4.69) is 0 Å². The molecule has 0 bridgehead atoms. The number of halogens is 1. The van der Waals surface area contributed by atoms with Crippen LogP contribution in [0.4, 0.5) is 4.39 Å². The van der Waals surface area contributed by atoms with Crippen molar-refractivity contribution in [2.24, 2.45) is 5.92 Å². The van der Waals surface area contributed by atoms with Crippen molar-refractivity contribution >= 4 is 11.9 Å². The summed E-state index contributed by atoms with van der Waals surface area (Å²) in [7, 11) is 0. The first-order valence-electron chi connectivity index (χ1n) is 7.75. The Morgan fingerprint density at radius 3 is 2.80 bits per heavy atom. The minimum atomic E-state index is -1.19. The van der Waals surface area contributed by atoms with E-state index in [1.165, 1.54) is 24.3 Å². The first kappa shape index (κ1) is 16.9. The molecule has 3 rings (SSSR count). The van der Waals surface area contributed by atoms with E-state index in [0.717, 1.165) is 0 Å². The summed E-state index contributed by atoms with van der Waals surface area (Å²) < 4.78 is 29.3. The Morgan fingerprint density at radius 1 is 1.36 bits per heavy atom. The zero-order valence-corrected chi connectivity index (χ0v) is 13.7. The molecule has 0 radical (unpaired) electrons. The number of esters is 1. The van der Waals surface area contributed by atoms with Crippen LogP contribution in [0.25, 0.3) is 0 Å². The molecule has 0 saturated heterocycles. The topological polar surface area (TPSA) is 89.6 Å². The largest absolute Gasteiger partial charge is 0.465 e. The Bertz CT molecular complexity index is 905. The van der Waals surface area contributed by atoms with Crippen molar-refractivity contribution in [1.82, 2.24) is 0 Å². The number of ether oxygens (including phenoxy) is 2. The minimum Gasteiger partial charge on any atom is -0.465 e. The molecule has 1 aliphatic heterocycles. The van der Waals surface area contributed by atoms with Crippen LogP contribution in [0.5, 0.6) is 5.75 Å². The Morgan fingerprint density at radius 2 is 2.12 bits per heavy atom. The van der Waals surface area contributed by atoms with Gasteiger partial charge >= 0.3 is 11.6 Å². The van der Waals surface area contributed by atoms with Gasteiger partial charge in [-0.1, -0.05) is 12.1 Å². The second-order valence-corrected chi connectivity index (χ2v) is 5.65. The average Bonchev–Trinajstić information content (AvgIpc) is 2.53. The predicted octanol–water partition coefficient (Wildman–Crippen LogP) is 2.77. The molecule has 2 aromatic rings. The standard InChI is InChI=1S/C18H16FNO5/c1-3-23-17(21)15-13(10-5-4-6-11(19)8-10)14-12(25-16(15)20)7-9(2)24-18(14)22/h4-8,13,15,20H,3H2,1-2H3. The van der Waals surface area contributed by atoms with Gasteiger partial charge in [0.15, 0.2) is 0 Å². The Labute approximate surface area is 142 Å². The molecule has 0 aliphatic carbocycles. The average molecular weight is 345 g/mol. The van der Waals surface area contributed by atoms with Crippen molar-refractivity contribution in [3.05, 3.63) is 63.5 Å². The van der Waals surface area contributed by atoms with Gasteiger partial charge in [-0.05, 0) is 31.5 Å². The summed E-state index contributed by atoms with van der Waals surface area (Å²) in [4.78, 5) is 24.8. The monoisotopic (exact) mass is 345 g/mol. The summed E-state index contributed by atoms with van der Waals surface area (Å²) in [5.41, 5.74) is -0.250. The zero-order valence-electron chi connectivity index (χ0n) is 13.7. The van der Waals surface area contributed by atoms with Crippen LogP contribution in [0.1, 0.15) is 29.7 Å². The number of fused-ring (bicyclic) bond motifs is 1. The van der Waals surface area contributed by atoms with Gasteiger partial charge in [-0.2, -0.15) is 0 Å². The Balaban J connectivity index is 2.25. The molecule has 1 aromatic carbocycles. The number of aryl methyl sites for hydroxylation is 1. The van der Waals surface area contributed by atoms with E-state index >= 15 is 0 Å². The lowest BCUT2D eigenvalue weighted by Gasteiger charge is -2.31. The van der Waals surface area contributed by atoms with Crippen LogP contribution in [0.15, 0.2) is 39.5 Å². The number of rotatable bonds is 3. The van der Waals surface area contributed by atoms with Crippen LogP contribution in [0, 0.1) is 24.1 Å². The van der Waals surface area contributed by atoms with Crippen LogP contribution >= 0.6 is 0 Å². The smallest absolute Gasteiger partial charge is 0.343 e. The summed E-state index contributed by atoms with van der Waals surface area (Å²) in [6.07, 6.45) is 0. The predicted molar refractivity (Wildman–Crippen MR) is 86.4 cm³/mol. The van der Waals surface area contributed by atoms with Crippen LogP contribution in [0.3, 0.4) is 0 Å². The van der Waals surface area contributed by atoms with E-state index in [4.69, 9.17) is 19.3 Å². The third-order valence-electron chi connectivity index (χ3n) is 3.97. The van der Waals surface area contributed by atoms with E-state index in [0.29, 0.717) is 11.3 Å². The number of carbonyl (C=O) groups is 1. The molecule has 25 heavy (non-hydrogen) atoms. The van der Waals surface area contributed by atoms with Crippen LogP contribution in [-0.2, 0) is 9.53 Å². The molecular formula is C18H16FNO5. The fourth-order valence-electron chi connectivity index (χ4n) is 2.99. The van der Waals surface area contributed by atoms with E-state index < -0.39 is 29.2 Å². The third kappa shape index (κ3) is 3.05. The molecule has 2 unspecified atom stereocenters. The van der Waals surface area contributed by atoms with Crippen molar-refractivity contribution in [1.29, 1.82) is 5.41 Å². The van der Waals surface area contributed by atoms with E-state index in [-0.39, 0.29) is 23.8 Å². The lowest BCUT2D eigenvalue weighted by molar-refractivity contribution is -0.146. The Hall–Kier alpha value is -2.96. The van der Waals surface area contributed by atoms with Gasteiger partial charge in [0.1, 0.15) is 23.2 Å². The maximum absolute atomic E-state index is 13.7. The maximum Gasteiger partial charge on any atom is 0.343 e. The highest BCUT2D eigenvalue weighted by atomic mass is 19.1. The lowest BCUT2D eigenvalue weighted by atomic mass is 9.79. The molecule has 1 N–H and O–H groups in total. The van der Waals surface area contributed by atoms with Crippen molar-refractivity contribution in [2.75, 3.05) is 6.61 Å². The van der Waals surface area contributed by atoms with Gasteiger partial charge in [0, 0.05) is 12.0 Å². The highest BCUT2D eigenvalue weighted by Gasteiger charge is 2.44. The van der Waals surface area contributed by atoms with Gasteiger partial charge in [-0.15, -0.1) is 0 Å². The van der Waals surface area contributed by atoms with E-state index in [1.807, 2.05) is 0 Å². The SMILES string of the molecule is CCOC(=O)C1C(=N)Oc2cc(C)oc(=O)c2C1c1cccc(F)c1. The van der Waals surface area contributed by atoms with E-state index in [9.17, 15) is 14.0 Å². The number of benzene rings is 1. The summed E-state index contributed by atoms with van der Waals surface area (Å²) in [6.45, 7) is 3.31. The van der Waals surface area contributed by atoms with Gasteiger partial charge < -0.3 is 13.9 Å². The van der Waals surface area contributed by atoms with Crippen molar-refractivity contribution in [2.45, 2.75) is 19.8 Å². The van der Waals surface area contributed by atoms with Crippen LogP contribution in [-0.4, -0.2) is 18.5 Å². The molecule has 0 spiro atoms. The first-order valence-corrected chi connectivity index (χ1v) is 7.75. The quantitative estimate of drug-likeness (QED) is 0.864. The van der Waals surface area contributed by atoms with Gasteiger partial charge in [0.25, 0.3) is 0 Å². The lowest BCUT2D eigenvalue weighted by Crippen LogP contribution is -2.40. The minimum absolute atomic E-state index is 0.0743. The molecule has 0 amide bonds. The summed E-state index contributed by atoms with van der Waals surface area (Å²) in [6, 6.07) is 7.01. The number of hydrogen-bond acceptors (Lipinski definition) is 6. The molecule has 130 valence electrons. The van der Waals surface area contributed by atoms with Gasteiger partial charge in [0.05, 0.1) is 12.2 Å². The van der Waals surface area contributed by atoms with Crippen molar-refractivity contribution in [3.8, 4) is 5.75 Å². The molecule has 0 fully saturated rings. The highest BCUT2D eigenvalue weighted by Crippen LogP contribution is 2.41. The summed E-state index contributed by atoms with van der Waals surface area (Å²) in [5.74, 6) is -3.27. The van der Waals surface area contributed by atoms with Gasteiger partial charge in [-0.25, -0.2) is 9.18 Å². The molecule has 2 heterocycles. The van der Waals surface area contributed by atoms with Crippen molar-refractivity contribution in [3.63, 3.8) is 0 Å². The fourth-order valence-corrected chi connectivity index (χ4v) is 2.99. The number of hydrogen-bond donors (Lipinski definition) is 1. The molecular weight excluding hydrogens is 329 g/mol. The second kappa shape index (κ2) is 6.51. The highest BCUT2D eigenvalue weighted by molar-refractivity contribution is 6.00. The van der Waals surface area contributed by atoms with Gasteiger partial charge in [-0.3, -0.25) is 10.2 Å². The van der Waals surface area contributed by atoms with Crippen LogP contribution in [0.2, 0.25) is 0 Å². The second-order valence-electron chi connectivity index (χ2n) is 5.65. The van der Waals surface area contributed by atoms with Gasteiger partial charge in [0.2, 0.25) is 5.90 Å². The summed E-state index contributed by atoms with van der Waals surface area (Å²) >= 11 is 0. The van der Waals surface area contributed by atoms with E-state index in [1.54, 1.807) is 19.9 Å². The molecule has 1 aliphatic rings. The number of nitrogens with one attached hydrogen (secondary N) is 1. The molecule has 6 nitrogen and oxygen atoms in total. The Kier molecular flexibility index (Phi) is 4.39. The molecule has 2 atom stereocenters. The first-order chi connectivity index (χ1) is 11.9. The fraction of sp³-hybridized carbons (Fsp3) is 0.278. The van der Waals surface area contributed by atoms with Crippen molar-refractivity contribution < 1.29 is 23.1 Å². The molecule has 1 aromatic heterocycles.